The minimum atomic E-state index is -1.16. The van der Waals surface area contributed by atoms with Crippen molar-refractivity contribution in [2.75, 3.05) is 11.9 Å². The highest BCUT2D eigenvalue weighted by molar-refractivity contribution is 5.91. The number of anilines is 1. The topological polar surface area (TPSA) is 87.6 Å². The zero-order valence-corrected chi connectivity index (χ0v) is 15.2. The number of urea groups is 1. The fourth-order valence-corrected chi connectivity index (χ4v) is 3.38. The van der Waals surface area contributed by atoms with Gasteiger partial charge in [0.25, 0.3) is 5.56 Å². The zero-order chi connectivity index (χ0) is 21.4. The first-order valence-electron chi connectivity index (χ1n) is 8.73. The number of pyridine rings is 1. The maximum atomic E-state index is 13.9. The average Bonchev–Trinajstić information content (AvgIpc) is 2.71. The Kier molecular flexibility index (Phi) is 4.89. The Morgan fingerprint density at radius 2 is 1.87 bits per heavy atom. The number of H-pyrrole nitrogens is 1. The third-order valence-electron chi connectivity index (χ3n) is 4.69. The van der Waals surface area contributed by atoms with Crippen molar-refractivity contribution in [3.8, 4) is 0 Å². The molecular weight excluding hydrogens is 401 g/mol. The minimum absolute atomic E-state index is 0.0251. The van der Waals surface area contributed by atoms with E-state index in [4.69, 9.17) is 11.3 Å². The van der Waals surface area contributed by atoms with Gasteiger partial charge in [-0.25, -0.2) is 22.8 Å². The number of nitrogens with one attached hydrogen (secondary N) is 3. The third kappa shape index (κ3) is 3.46. The number of aromatic nitrogens is 1. The molecule has 1 aromatic heterocycles. The standard InChI is InChI=1S/C20H13F3N4O3/c1-24-15-4-9(2-3-12(15)21)25-20(29)27-17-8-30-7-16-18(17)10-5-13(22)14(23)6-11(10)19(28)26-16/h2-6,17H,7-8H2,(H,26,28)(H2,25,27,29)/t17-/m1/s1. The molecule has 2 aromatic carbocycles. The Labute approximate surface area is 167 Å². The molecule has 7 nitrogen and oxygen atoms in total. The Balaban J connectivity index is 1.67. The van der Waals surface area contributed by atoms with Gasteiger partial charge >= 0.3 is 6.03 Å². The van der Waals surface area contributed by atoms with Crippen LogP contribution in [0.5, 0.6) is 0 Å². The van der Waals surface area contributed by atoms with Crippen LogP contribution in [0.3, 0.4) is 0 Å². The van der Waals surface area contributed by atoms with Crippen LogP contribution in [-0.2, 0) is 11.3 Å². The summed E-state index contributed by atoms with van der Waals surface area (Å²) in [4.78, 5) is 30.3. The van der Waals surface area contributed by atoms with Crippen molar-refractivity contribution in [3.05, 3.63) is 80.8 Å². The lowest BCUT2D eigenvalue weighted by Gasteiger charge is -2.27. The second-order valence-corrected chi connectivity index (χ2v) is 6.60. The molecule has 0 unspecified atom stereocenters. The predicted octanol–water partition coefficient (Wildman–Crippen LogP) is 3.89. The van der Waals surface area contributed by atoms with Crippen LogP contribution in [0.1, 0.15) is 17.3 Å². The monoisotopic (exact) mass is 414 g/mol. The fourth-order valence-electron chi connectivity index (χ4n) is 3.38. The Hall–Kier alpha value is -3.84. The number of benzene rings is 2. The molecule has 10 heteroatoms. The van der Waals surface area contributed by atoms with Crippen molar-refractivity contribution in [3.63, 3.8) is 0 Å². The summed E-state index contributed by atoms with van der Waals surface area (Å²) in [6, 6.07) is 3.77. The summed E-state index contributed by atoms with van der Waals surface area (Å²) in [5.41, 5.74) is 0.0869. The van der Waals surface area contributed by atoms with Crippen LogP contribution in [0.2, 0.25) is 0 Å². The van der Waals surface area contributed by atoms with Crippen LogP contribution in [0.25, 0.3) is 15.6 Å². The molecule has 3 aromatic rings. The number of aromatic amines is 1. The summed E-state index contributed by atoms with van der Waals surface area (Å²) >= 11 is 0. The van der Waals surface area contributed by atoms with E-state index in [1.54, 1.807) is 0 Å². The van der Waals surface area contributed by atoms with Crippen molar-refractivity contribution in [2.24, 2.45) is 0 Å². The highest BCUT2D eigenvalue weighted by Crippen LogP contribution is 2.31. The molecule has 0 saturated heterocycles. The molecule has 1 atom stereocenters. The quantitative estimate of drug-likeness (QED) is 0.556. The number of rotatable bonds is 2. The number of fused-ring (bicyclic) bond motifs is 3. The van der Waals surface area contributed by atoms with Crippen molar-refractivity contribution in [1.29, 1.82) is 0 Å². The number of nitrogens with zero attached hydrogens (tertiary/aromatic N) is 1. The van der Waals surface area contributed by atoms with Crippen molar-refractivity contribution in [2.45, 2.75) is 12.6 Å². The van der Waals surface area contributed by atoms with E-state index in [2.05, 4.69) is 20.5 Å². The summed E-state index contributed by atoms with van der Waals surface area (Å²) in [5, 5.41) is 5.23. The van der Waals surface area contributed by atoms with E-state index in [-0.39, 0.29) is 35.4 Å². The second kappa shape index (κ2) is 7.53. The van der Waals surface area contributed by atoms with E-state index in [9.17, 15) is 22.8 Å². The van der Waals surface area contributed by atoms with Gasteiger partial charge in [0, 0.05) is 16.9 Å². The first kappa shape index (κ1) is 19.5. The van der Waals surface area contributed by atoms with Gasteiger partial charge in [-0.15, -0.1) is 0 Å². The number of carbonyl (C=O) groups excluding carboxylic acids is 1. The maximum Gasteiger partial charge on any atom is 0.319 e. The highest BCUT2D eigenvalue weighted by atomic mass is 19.2. The third-order valence-corrected chi connectivity index (χ3v) is 4.69. The number of hydrogen-bond donors (Lipinski definition) is 3. The Morgan fingerprint density at radius 3 is 2.60 bits per heavy atom. The molecule has 0 radical (unpaired) electrons. The van der Waals surface area contributed by atoms with Crippen LogP contribution >= 0.6 is 0 Å². The summed E-state index contributed by atoms with van der Waals surface area (Å²) in [7, 11) is 0. The first-order chi connectivity index (χ1) is 14.4. The van der Waals surface area contributed by atoms with Gasteiger partial charge in [-0.3, -0.25) is 4.79 Å². The molecule has 30 heavy (non-hydrogen) atoms. The second-order valence-electron chi connectivity index (χ2n) is 6.60. The van der Waals surface area contributed by atoms with Crippen molar-refractivity contribution in [1.82, 2.24) is 10.3 Å². The van der Waals surface area contributed by atoms with Gasteiger partial charge < -0.3 is 20.4 Å². The van der Waals surface area contributed by atoms with Gasteiger partial charge in [0.2, 0.25) is 5.69 Å². The Bertz CT molecular complexity index is 1280. The molecule has 3 N–H and O–H groups in total. The van der Waals surface area contributed by atoms with Gasteiger partial charge in [0.1, 0.15) is 5.82 Å². The molecule has 0 fully saturated rings. The lowest BCUT2D eigenvalue weighted by atomic mass is 9.96. The van der Waals surface area contributed by atoms with E-state index >= 15 is 0 Å². The van der Waals surface area contributed by atoms with Crippen LogP contribution in [0.15, 0.2) is 35.1 Å². The van der Waals surface area contributed by atoms with E-state index < -0.39 is 35.1 Å². The van der Waals surface area contributed by atoms with Crippen molar-refractivity contribution >= 4 is 28.2 Å². The smallest absolute Gasteiger partial charge is 0.319 e. The van der Waals surface area contributed by atoms with E-state index in [1.165, 1.54) is 12.1 Å². The van der Waals surface area contributed by atoms with Crippen LogP contribution in [-0.4, -0.2) is 17.6 Å². The number of amides is 2. The lowest BCUT2D eigenvalue weighted by molar-refractivity contribution is 0.0826. The average molecular weight is 414 g/mol. The first-order valence-corrected chi connectivity index (χ1v) is 8.73. The van der Waals surface area contributed by atoms with E-state index in [1.807, 2.05) is 0 Å². The summed E-state index contributed by atoms with van der Waals surface area (Å²) < 4.78 is 46.3. The number of ether oxygens (including phenoxy) is 1. The molecule has 1 aliphatic rings. The molecule has 4 rings (SSSR count). The van der Waals surface area contributed by atoms with Gasteiger partial charge in [-0.1, -0.05) is 0 Å². The molecular formula is C20H13F3N4O3. The highest BCUT2D eigenvalue weighted by Gasteiger charge is 2.27. The number of halogens is 3. The summed E-state index contributed by atoms with van der Waals surface area (Å²) in [5.74, 6) is -2.99. The molecule has 1 aliphatic heterocycles. The SMILES string of the molecule is [C-]#[N+]c1cc(NC(=O)N[C@@H]2COCc3[nH]c(=O)c4cc(F)c(F)cc4c32)ccc1F. The molecule has 152 valence electrons. The minimum Gasteiger partial charge on any atom is -0.373 e. The van der Waals surface area contributed by atoms with Crippen LogP contribution < -0.4 is 16.2 Å². The zero-order valence-electron chi connectivity index (χ0n) is 15.2. The van der Waals surface area contributed by atoms with E-state index in [0.717, 1.165) is 18.2 Å². The van der Waals surface area contributed by atoms with Gasteiger partial charge in [-0.05, 0) is 35.7 Å². The molecule has 0 saturated carbocycles. The van der Waals surface area contributed by atoms with Gasteiger partial charge in [0.15, 0.2) is 11.6 Å². The number of carbonyl (C=O) groups is 1. The summed E-state index contributed by atoms with van der Waals surface area (Å²) in [6.45, 7) is 6.99. The van der Waals surface area contributed by atoms with Crippen LogP contribution in [0, 0.1) is 24.0 Å². The normalized spacial score (nSPS) is 15.3. The molecule has 0 bridgehead atoms. The van der Waals surface area contributed by atoms with Gasteiger partial charge in [-0.2, -0.15) is 0 Å². The maximum absolute atomic E-state index is 13.9. The molecule has 2 heterocycles. The molecule has 0 aliphatic carbocycles. The van der Waals surface area contributed by atoms with E-state index in [0.29, 0.717) is 11.3 Å². The van der Waals surface area contributed by atoms with Crippen LogP contribution in [0.4, 0.5) is 29.3 Å². The van der Waals surface area contributed by atoms with Crippen molar-refractivity contribution < 1.29 is 22.7 Å². The largest absolute Gasteiger partial charge is 0.373 e. The molecule has 0 spiro atoms. The molecule has 2 amide bonds. The lowest BCUT2D eigenvalue weighted by Crippen LogP contribution is -2.38. The fraction of sp³-hybridized carbons (Fsp3) is 0.150. The van der Waals surface area contributed by atoms with Gasteiger partial charge in [0.05, 0.1) is 31.2 Å². The summed E-state index contributed by atoms with van der Waals surface area (Å²) in [6.07, 6.45) is 0. The number of hydrogen-bond acceptors (Lipinski definition) is 3. The predicted molar refractivity (Wildman–Crippen MR) is 102 cm³/mol. The Morgan fingerprint density at radius 1 is 1.13 bits per heavy atom.